The molecule has 0 saturated carbocycles. The van der Waals surface area contributed by atoms with Gasteiger partial charge in [0.25, 0.3) is 0 Å². The molecule has 0 bridgehead atoms. The number of hydrogen-bond donors (Lipinski definition) is 1. The molecule has 2 rings (SSSR count). The summed E-state index contributed by atoms with van der Waals surface area (Å²) in [7, 11) is 1.97. The smallest absolute Gasteiger partial charge is 0.224 e. The molecule has 1 heterocycles. The Kier molecular flexibility index (Phi) is 3.89. The summed E-state index contributed by atoms with van der Waals surface area (Å²) >= 11 is 1.60. The number of amides is 1. The number of rotatable bonds is 4. The van der Waals surface area contributed by atoms with Crippen molar-refractivity contribution < 1.29 is 4.79 Å². The highest BCUT2D eigenvalue weighted by Crippen LogP contribution is 2.18. The number of carbonyl (C=O) groups is 1. The molecule has 5 heteroatoms. The molecule has 4 nitrogen and oxygen atoms in total. The number of nitrogens with one attached hydrogen (secondary N) is 1. The molecule has 1 aromatic rings. The normalized spacial score (nSPS) is 15.4. The Morgan fingerprint density at radius 1 is 1.59 bits per heavy atom. The fourth-order valence-electron chi connectivity index (χ4n) is 1.93. The summed E-state index contributed by atoms with van der Waals surface area (Å²) in [6.45, 7) is 0.555. The lowest BCUT2D eigenvalue weighted by molar-refractivity contribution is -0.124. The number of nitrogens with zero attached hydrogens (tertiary/aromatic N) is 2. The van der Waals surface area contributed by atoms with Gasteiger partial charge in [0.15, 0.2) is 5.16 Å². The zero-order valence-corrected chi connectivity index (χ0v) is 11.0. The predicted octanol–water partition coefficient (Wildman–Crippen LogP) is 1.72. The molecule has 0 saturated heterocycles. The van der Waals surface area contributed by atoms with E-state index in [1.54, 1.807) is 11.8 Å². The molecule has 17 heavy (non-hydrogen) atoms. The van der Waals surface area contributed by atoms with Gasteiger partial charge in [-0.15, -0.1) is 0 Å². The SMILES string of the molecule is CSc1ncc(CNC(=O)C2CC=CC2)n1C. The van der Waals surface area contributed by atoms with Crippen LogP contribution in [-0.2, 0) is 18.4 Å². The van der Waals surface area contributed by atoms with Crippen LogP contribution in [0.15, 0.2) is 23.5 Å². The zero-order chi connectivity index (χ0) is 12.3. The van der Waals surface area contributed by atoms with Crippen molar-refractivity contribution in [1.82, 2.24) is 14.9 Å². The third-order valence-electron chi connectivity index (χ3n) is 3.05. The molecule has 0 spiro atoms. The molecule has 0 aromatic carbocycles. The molecular formula is C12H17N3OS. The van der Waals surface area contributed by atoms with Crippen molar-refractivity contribution in [1.29, 1.82) is 0 Å². The maximum atomic E-state index is 11.8. The molecule has 92 valence electrons. The van der Waals surface area contributed by atoms with Crippen LogP contribution < -0.4 is 5.32 Å². The Hall–Kier alpha value is -1.23. The van der Waals surface area contributed by atoms with Crippen molar-refractivity contribution in [3.63, 3.8) is 0 Å². The van der Waals surface area contributed by atoms with Gasteiger partial charge >= 0.3 is 0 Å². The number of thioether (sulfide) groups is 1. The molecule has 0 radical (unpaired) electrons. The van der Waals surface area contributed by atoms with E-state index < -0.39 is 0 Å². The topological polar surface area (TPSA) is 46.9 Å². The monoisotopic (exact) mass is 251 g/mol. The average Bonchev–Trinajstić information content (AvgIpc) is 2.96. The Bertz CT molecular complexity index is 431. The lowest BCUT2D eigenvalue weighted by atomic mass is 10.1. The molecule has 0 atom stereocenters. The number of carbonyl (C=O) groups excluding carboxylic acids is 1. The van der Waals surface area contributed by atoms with E-state index in [1.165, 1.54) is 0 Å². The number of imidazole rings is 1. The molecule has 1 aliphatic carbocycles. The van der Waals surface area contributed by atoms with Crippen LogP contribution in [0.4, 0.5) is 0 Å². The van der Waals surface area contributed by atoms with E-state index in [1.807, 2.05) is 24.1 Å². The first kappa shape index (κ1) is 12.2. The van der Waals surface area contributed by atoms with E-state index in [4.69, 9.17) is 0 Å². The van der Waals surface area contributed by atoms with Gasteiger partial charge in [-0.25, -0.2) is 4.98 Å². The van der Waals surface area contributed by atoms with Crippen LogP contribution in [0, 0.1) is 5.92 Å². The summed E-state index contributed by atoms with van der Waals surface area (Å²) < 4.78 is 2.01. The Morgan fingerprint density at radius 2 is 2.29 bits per heavy atom. The van der Waals surface area contributed by atoms with Crippen molar-refractivity contribution in [2.45, 2.75) is 24.5 Å². The van der Waals surface area contributed by atoms with E-state index in [2.05, 4.69) is 22.5 Å². The highest BCUT2D eigenvalue weighted by molar-refractivity contribution is 7.98. The molecule has 1 aromatic heterocycles. The summed E-state index contributed by atoms with van der Waals surface area (Å²) in [5, 5.41) is 3.94. The summed E-state index contributed by atoms with van der Waals surface area (Å²) in [6, 6.07) is 0. The van der Waals surface area contributed by atoms with Gasteiger partial charge in [-0.2, -0.15) is 0 Å². The molecule has 1 aliphatic rings. The van der Waals surface area contributed by atoms with Crippen molar-refractivity contribution in [3.8, 4) is 0 Å². The van der Waals surface area contributed by atoms with Crippen LogP contribution in [0.1, 0.15) is 18.5 Å². The van der Waals surface area contributed by atoms with E-state index in [0.29, 0.717) is 6.54 Å². The molecule has 0 fully saturated rings. The summed E-state index contributed by atoms with van der Waals surface area (Å²) in [5.74, 6) is 0.269. The zero-order valence-electron chi connectivity index (χ0n) is 10.1. The Morgan fingerprint density at radius 3 is 2.88 bits per heavy atom. The first-order valence-electron chi connectivity index (χ1n) is 5.69. The van der Waals surface area contributed by atoms with E-state index in [0.717, 1.165) is 23.7 Å². The van der Waals surface area contributed by atoms with Gasteiger partial charge < -0.3 is 9.88 Å². The fourth-order valence-corrected chi connectivity index (χ4v) is 2.48. The standard InChI is InChI=1S/C12H17N3OS/c1-15-10(8-14-12(15)17-2)7-13-11(16)9-5-3-4-6-9/h3-4,8-9H,5-7H2,1-2H3,(H,13,16). The van der Waals surface area contributed by atoms with Gasteiger partial charge in [0.1, 0.15) is 0 Å². The van der Waals surface area contributed by atoms with Crippen molar-refractivity contribution in [2.75, 3.05) is 6.26 Å². The molecule has 1 N–H and O–H groups in total. The fraction of sp³-hybridized carbons (Fsp3) is 0.500. The third kappa shape index (κ3) is 2.72. The quantitative estimate of drug-likeness (QED) is 0.655. The van der Waals surface area contributed by atoms with Gasteiger partial charge in [-0.05, 0) is 19.1 Å². The molecule has 0 unspecified atom stereocenters. The van der Waals surface area contributed by atoms with Gasteiger partial charge in [0, 0.05) is 13.0 Å². The van der Waals surface area contributed by atoms with E-state index in [9.17, 15) is 4.79 Å². The minimum atomic E-state index is 0.128. The summed E-state index contributed by atoms with van der Waals surface area (Å²) in [5.41, 5.74) is 1.04. The highest BCUT2D eigenvalue weighted by Gasteiger charge is 2.19. The van der Waals surface area contributed by atoms with E-state index in [-0.39, 0.29) is 11.8 Å². The van der Waals surface area contributed by atoms with Crippen molar-refractivity contribution >= 4 is 17.7 Å². The summed E-state index contributed by atoms with van der Waals surface area (Å²) in [4.78, 5) is 16.1. The van der Waals surface area contributed by atoms with Crippen LogP contribution in [0.3, 0.4) is 0 Å². The lowest BCUT2D eigenvalue weighted by Gasteiger charge is -2.10. The second-order valence-corrected chi connectivity index (χ2v) is 4.93. The van der Waals surface area contributed by atoms with Gasteiger partial charge in [-0.3, -0.25) is 4.79 Å². The average molecular weight is 251 g/mol. The predicted molar refractivity (Wildman–Crippen MR) is 68.7 cm³/mol. The van der Waals surface area contributed by atoms with Crippen LogP contribution in [0.5, 0.6) is 0 Å². The van der Waals surface area contributed by atoms with Crippen LogP contribution in [0.25, 0.3) is 0 Å². The first-order chi connectivity index (χ1) is 8.22. The number of aromatic nitrogens is 2. The Balaban J connectivity index is 1.88. The lowest BCUT2D eigenvalue weighted by Crippen LogP contribution is -2.29. The number of allylic oxidation sites excluding steroid dienone is 2. The van der Waals surface area contributed by atoms with E-state index >= 15 is 0 Å². The first-order valence-corrected chi connectivity index (χ1v) is 6.92. The maximum Gasteiger partial charge on any atom is 0.224 e. The maximum absolute atomic E-state index is 11.8. The second-order valence-electron chi connectivity index (χ2n) is 4.15. The van der Waals surface area contributed by atoms with Crippen molar-refractivity contribution in [2.24, 2.45) is 13.0 Å². The minimum absolute atomic E-state index is 0.128. The second kappa shape index (κ2) is 5.40. The third-order valence-corrected chi connectivity index (χ3v) is 3.79. The Labute approximate surface area is 105 Å². The van der Waals surface area contributed by atoms with Gasteiger partial charge in [-0.1, -0.05) is 23.9 Å². The highest BCUT2D eigenvalue weighted by atomic mass is 32.2. The van der Waals surface area contributed by atoms with Crippen molar-refractivity contribution in [3.05, 3.63) is 24.0 Å². The molecule has 1 amide bonds. The molecule has 0 aliphatic heterocycles. The van der Waals surface area contributed by atoms with Crippen LogP contribution in [0.2, 0.25) is 0 Å². The molecular weight excluding hydrogens is 234 g/mol. The number of hydrogen-bond acceptors (Lipinski definition) is 3. The van der Waals surface area contributed by atoms with Crippen LogP contribution >= 0.6 is 11.8 Å². The summed E-state index contributed by atoms with van der Waals surface area (Å²) in [6.07, 6.45) is 9.69. The van der Waals surface area contributed by atoms with Gasteiger partial charge in [0.2, 0.25) is 5.91 Å². The van der Waals surface area contributed by atoms with Crippen LogP contribution in [-0.4, -0.2) is 21.7 Å². The minimum Gasteiger partial charge on any atom is -0.350 e. The largest absolute Gasteiger partial charge is 0.350 e. The van der Waals surface area contributed by atoms with Gasteiger partial charge in [0.05, 0.1) is 18.4 Å².